The fourth-order valence-electron chi connectivity index (χ4n) is 2.35. The molecule has 1 aliphatic rings. The highest BCUT2D eigenvalue weighted by Gasteiger charge is 2.15. The van der Waals surface area contributed by atoms with Gasteiger partial charge < -0.3 is 10.2 Å². The summed E-state index contributed by atoms with van der Waals surface area (Å²) < 4.78 is 1.13. The molecule has 1 fully saturated rings. The second kappa shape index (κ2) is 9.37. The molecule has 1 aromatic rings. The van der Waals surface area contributed by atoms with Gasteiger partial charge in [0, 0.05) is 37.1 Å². The zero-order valence-corrected chi connectivity index (χ0v) is 14.0. The van der Waals surface area contributed by atoms with Gasteiger partial charge in [-0.05, 0) is 24.5 Å². The number of likely N-dealkylation sites (tertiary alicyclic amines) is 1. The van der Waals surface area contributed by atoms with Gasteiger partial charge in [-0.25, -0.2) is 0 Å². The molecule has 1 saturated heterocycles. The van der Waals surface area contributed by atoms with Gasteiger partial charge in [-0.2, -0.15) is 0 Å². The number of nitrogens with one attached hydrogen (secondary N) is 1. The minimum absolute atomic E-state index is 0. The topological polar surface area (TPSA) is 32.3 Å². The average molecular weight is 362 g/mol. The first-order chi connectivity index (χ1) is 9.27. The number of carbonyl (C=O) groups is 1. The van der Waals surface area contributed by atoms with Crippen molar-refractivity contribution in [2.45, 2.75) is 32.2 Å². The molecule has 0 saturated carbocycles. The van der Waals surface area contributed by atoms with Crippen molar-refractivity contribution in [2.24, 2.45) is 0 Å². The van der Waals surface area contributed by atoms with E-state index in [1.165, 1.54) is 12.0 Å². The standard InChI is InChI=1S/C15H21BrN2O.ClH/c16-14-7-4-3-6-13(14)12-17-9-11-18-10-5-1-2-8-15(18)19;/h3-4,6-7,17H,1-2,5,8-12H2;1H. The SMILES string of the molecule is Cl.O=C1CCCCCN1CCNCc1ccccc1Br. The fourth-order valence-corrected chi connectivity index (χ4v) is 2.78. The van der Waals surface area contributed by atoms with Gasteiger partial charge in [-0.3, -0.25) is 4.79 Å². The summed E-state index contributed by atoms with van der Waals surface area (Å²) in [5.41, 5.74) is 1.25. The molecule has 20 heavy (non-hydrogen) atoms. The Labute approximate surface area is 135 Å². The summed E-state index contributed by atoms with van der Waals surface area (Å²) in [5, 5.41) is 3.41. The monoisotopic (exact) mass is 360 g/mol. The summed E-state index contributed by atoms with van der Waals surface area (Å²) in [6.45, 7) is 3.44. The number of hydrogen-bond donors (Lipinski definition) is 1. The number of rotatable bonds is 5. The molecule has 1 N–H and O–H groups in total. The maximum atomic E-state index is 11.8. The molecule has 0 bridgehead atoms. The van der Waals surface area contributed by atoms with Gasteiger partial charge in [-0.1, -0.05) is 40.5 Å². The third-order valence-electron chi connectivity index (χ3n) is 3.50. The van der Waals surface area contributed by atoms with Gasteiger partial charge in [0.05, 0.1) is 0 Å². The second-order valence-electron chi connectivity index (χ2n) is 4.96. The summed E-state index contributed by atoms with van der Waals surface area (Å²) in [6, 6.07) is 8.22. The molecule has 1 aliphatic heterocycles. The number of nitrogens with zero attached hydrogens (tertiary/aromatic N) is 1. The minimum Gasteiger partial charge on any atom is -0.341 e. The molecular weight excluding hydrogens is 340 g/mol. The molecule has 0 radical (unpaired) electrons. The maximum absolute atomic E-state index is 11.8. The number of carbonyl (C=O) groups excluding carboxylic acids is 1. The minimum atomic E-state index is 0. The van der Waals surface area contributed by atoms with Crippen molar-refractivity contribution in [2.75, 3.05) is 19.6 Å². The van der Waals surface area contributed by atoms with Crippen LogP contribution in [0.4, 0.5) is 0 Å². The van der Waals surface area contributed by atoms with Crippen LogP contribution in [0.25, 0.3) is 0 Å². The van der Waals surface area contributed by atoms with Crippen LogP contribution in [0, 0.1) is 0 Å². The molecule has 3 nitrogen and oxygen atoms in total. The van der Waals surface area contributed by atoms with Crippen LogP contribution in [-0.4, -0.2) is 30.4 Å². The molecule has 0 atom stereocenters. The van der Waals surface area contributed by atoms with Crippen LogP contribution >= 0.6 is 28.3 Å². The Morgan fingerprint density at radius 1 is 1.20 bits per heavy atom. The molecule has 0 unspecified atom stereocenters. The third-order valence-corrected chi connectivity index (χ3v) is 4.28. The van der Waals surface area contributed by atoms with Gasteiger partial charge in [-0.15, -0.1) is 12.4 Å². The summed E-state index contributed by atoms with van der Waals surface area (Å²) in [4.78, 5) is 13.8. The molecule has 5 heteroatoms. The zero-order valence-electron chi connectivity index (χ0n) is 11.6. The normalized spacial score (nSPS) is 15.7. The summed E-state index contributed by atoms with van der Waals surface area (Å²) in [6.07, 6.45) is 4.12. The van der Waals surface area contributed by atoms with Crippen LogP contribution in [0.15, 0.2) is 28.7 Å². The van der Waals surface area contributed by atoms with Crippen molar-refractivity contribution in [1.82, 2.24) is 10.2 Å². The zero-order chi connectivity index (χ0) is 13.5. The van der Waals surface area contributed by atoms with E-state index in [9.17, 15) is 4.79 Å². The average Bonchev–Trinajstić information content (AvgIpc) is 2.62. The summed E-state index contributed by atoms with van der Waals surface area (Å²) in [5.74, 6) is 0.320. The highest BCUT2D eigenvalue weighted by molar-refractivity contribution is 9.10. The summed E-state index contributed by atoms with van der Waals surface area (Å²) in [7, 11) is 0. The number of amides is 1. The van der Waals surface area contributed by atoms with E-state index in [-0.39, 0.29) is 12.4 Å². The van der Waals surface area contributed by atoms with Crippen molar-refractivity contribution in [3.63, 3.8) is 0 Å². The smallest absolute Gasteiger partial charge is 0.222 e. The Balaban J connectivity index is 0.00000200. The van der Waals surface area contributed by atoms with Crippen molar-refractivity contribution < 1.29 is 4.79 Å². The van der Waals surface area contributed by atoms with Crippen LogP contribution < -0.4 is 5.32 Å². The van der Waals surface area contributed by atoms with E-state index >= 15 is 0 Å². The lowest BCUT2D eigenvalue weighted by atomic mass is 10.2. The predicted molar refractivity (Wildman–Crippen MR) is 88.1 cm³/mol. The van der Waals surface area contributed by atoms with Crippen LogP contribution in [0.3, 0.4) is 0 Å². The number of halogens is 2. The first-order valence-electron chi connectivity index (χ1n) is 6.99. The third kappa shape index (κ3) is 5.43. The van der Waals surface area contributed by atoms with E-state index in [1.54, 1.807) is 0 Å². The fraction of sp³-hybridized carbons (Fsp3) is 0.533. The summed E-state index contributed by atoms with van der Waals surface area (Å²) >= 11 is 3.54. The molecule has 0 spiro atoms. The molecule has 1 amide bonds. The molecule has 1 aromatic carbocycles. The number of benzene rings is 1. The second-order valence-corrected chi connectivity index (χ2v) is 5.81. The lowest BCUT2D eigenvalue weighted by molar-refractivity contribution is -0.130. The van der Waals surface area contributed by atoms with Crippen molar-refractivity contribution >= 4 is 34.2 Å². The van der Waals surface area contributed by atoms with Gasteiger partial charge in [0.15, 0.2) is 0 Å². The van der Waals surface area contributed by atoms with E-state index in [0.29, 0.717) is 5.91 Å². The van der Waals surface area contributed by atoms with Gasteiger partial charge in [0.25, 0.3) is 0 Å². The van der Waals surface area contributed by atoms with E-state index < -0.39 is 0 Å². The molecule has 0 aliphatic carbocycles. The van der Waals surface area contributed by atoms with Gasteiger partial charge >= 0.3 is 0 Å². The van der Waals surface area contributed by atoms with Crippen molar-refractivity contribution in [3.05, 3.63) is 34.3 Å². The molecule has 112 valence electrons. The first-order valence-corrected chi connectivity index (χ1v) is 7.78. The van der Waals surface area contributed by atoms with Crippen LogP contribution in [-0.2, 0) is 11.3 Å². The number of hydrogen-bond acceptors (Lipinski definition) is 2. The van der Waals surface area contributed by atoms with Gasteiger partial charge in [0.1, 0.15) is 0 Å². The van der Waals surface area contributed by atoms with Crippen molar-refractivity contribution in [3.8, 4) is 0 Å². The van der Waals surface area contributed by atoms with E-state index in [0.717, 1.165) is 49.9 Å². The predicted octanol–water partition coefficient (Wildman–Crippen LogP) is 3.36. The van der Waals surface area contributed by atoms with Gasteiger partial charge in [0.2, 0.25) is 5.91 Å². The van der Waals surface area contributed by atoms with Crippen LogP contribution in [0.2, 0.25) is 0 Å². The Bertz CT molecular complexity index is 428. The lowest BCUT2D eigenvalue weighted by Gasteiger charge is -2.20. The Morgan fingerprint density at radius 3 is 2.80 bits per heavy atom. The molecule has 0 aromatic heterocycles. The first kappa shape index (κ1) is 17.5. The Hall–Kier alpha value is -0.580. The van der Waals surface area contributed by atoms with Crippen molar-refractivity contribution in [1.29, 1.82) is 0 Å². The molecule has 2 rings (SSSR count). The highest BCUT2D eigenvalue weighted by atomic mass is 79.9. The van der Waals surface area contributed by atoms with Crippen LogP contribution in [0.5, 0.6) is 0 Å². The Kier molecular flexibility index (Phi) is 8.19. The lowest BCUT2D eigenvalue weighted by Crippen LogP contribution is -2.36. The molecular formula is C15H22BrClN2O. The highest BCUT2D eigenvalue weighted by Crippen LogP contribution is 2.15. The largest absolute Gasteiger partial charge is 0.341 e. The quantitative estimate of drug-likeness (QED) is 0.816. The van der Waals surface area contributed by atoms with Crippen LogP contribution in [0.1, 0.15) is 31.2 Å². The maximum Gasteiger partial charge on any atom is 0.222 e. The van der Waals surface area contributed by atoms with E-state index in [1.807, 2.05) is 17.0 Å². The molecule has 1 heterocycles. The Morgan fingerprint density at radius 2 is 2.00 bits per heavy atom. The van der Waals surface area contributed by atoms with E-state index in [4.69, 9.17) is 0 Å². The van der Waals surface area contributed by atoms with E-state index in [2.05, 4.69) is 33.4 Å².